The van der Waals surface area contributed by atoms with Crippen LogP contribution in [0.1, 0.15) is 24.8 Å². The Kier molecular flexibility index (Phi) is 2.12. The van der Waals surface area contributed by atoms with Crippen molar-refractivity contribution in [1.82, 2.24) is 4.57 Å². The summed E-state index contributed by atoms with van der Waals surface area (Å²) >= 11 is 0. The minimum absolute atomic E-state index is 0.141. The van der Waals surface area contributed by atoms with Crippen LogP contribution < -0.4 is 5.56 Å². The van der Waals surface area contributed by atoms with E-state index >= 15 is 0 Å². The first-order valence-corrected chi connectivity index (χ1v) is 5.25. The van der Waals surface area contributed by atoms with Crippen LogP contribution in [0.3, 0.4) is 0 Å². The molecule has 0 unspecified atom stereocenters. The molecule has 0 N–H and O–H groups in total. The molecule has 0 aliphatic carbocycles. The molecule has 2 nitrogen and oxygen atoms in total. The summed E-state index contributed by atoms with van der Waals surface area (Å²) in [6.07, 6.45) is -6.46. The van der Waals surface area contributed by atoms with Gasteiger partial charge in [0.25, 0.3) is 5.56 Å². The fourth-order valence-corrected chi connectivity index (χ4v) is 1.59. The second kappa shape index (κ2) is 4.91. The number of aromatic nitrogens is 1. The van der Waals surface area contributed by atoms with Gasteiger partial charge in [-0.3, -0.25) is 9.36 Å². The molecule has 5 heteroatoms. The molecule has 0 saturated heterocycles. The molecule has 0 spiro atoms. The minimum atomic E-state index is -4.61. The number of aryl methyl sites for hydroxylation is 1. The van der Waals surface area contributed by atoms with Crippen molar-refractivity contribution in [2.75, 3.05) is 0 Å². The predicted molar refractivity (Wildman–Crippen MR) is 66.4 cm³/mol. The summed E-state index contributed by atoms with van der Waals surface area (Å²) in [4.78, 5) is 11.9. The van der Waals surface area contributed by atoms with E-state index < -0.39 is 30.5 Å². The number of nitrogens with zero attached hydrogens (tertiary/aromatic N) is 1. The van der Waals surface area contributed by atoms with Crippen LogP contribution in [0, 0.1) is 0 Å². The topological polar surface area (TPSA) is 22.0 Å². The first kappa shape index (κ1) is 8.19. The molecule has 100 valence electrons. The van der Waals surface area contributed by atoms with Crippen molar-refractivity contribution in [1.29, 1.82) is 0 Å². The van der Waals surface area contributed by atoms with E-state index in [1.165, 1.54) is 6.07 Å². The van der Waals surface area contributed by atoms with E-state index in [9.17, 15) is 18.0 Å². The van der Waals surface area contributed by atoms with Crippen LogP contribution in [-0.2, 0) is 12.5 Å². The molecule has 0 atom stereocenters. The second-order valence-corrected chi connectivity index (χ2v) is 3.80. The Morgan fingerprint density at radius 2 is 2.11 bits per heavy atom. The van der Waals surface area contributed by atoms with E-state index in [-0.39, 0.29) is 11.3 Å². The van der Waals surface area contributed by atoms with Crippen molar-refractivity contribution in [2.24, 2.45) is 0 Å². The number of rotatable bonds is 2. The van der Waals surface area contributed by atoms with E-state index in [4.69, 9.17) is 6.85 Å². The minimum Gasteiger partial charge on any atom is -0.284 e. The number of alkyl halides is 3. The van der Waals surface area contributed by atoms with Crippen molar-refractivity contribution in [2.45, 2.75) is 19.4 Å². The van der Waals surface area contributed by atoms with Crippen molar-refractivity contribution >= 4 is 0 Å². The van der Waals surface area contributed by atoms with Gasteiger partial charge in [-0.25, -0.2) is 0 Å². The maximum absolute atomic E-state index is 12.8. The Morgan fingerprint density at radius 1 is 1.32 bits per heavy atom. The van der Waals surface area contributed by atoms with Gasteiger partial charge in [0.2, 0.25) is 0 Å². The highest BCUT2D eigenvalue weighted by Crippen LogP contribution is 2.30. The monoisotopic (exact) mass is 272 g/mol. The zero-order chi connectivity index (χ0) is 18.3. The molecule has 0 saturated carbocycles. The maximum Gasteiger partial charge on any atom is 0.416 e. The van der Waals surface area contributed by atoms with Crippen molar-refractivity contribution < 1.29 is 20.0 Å². The first-order chi connectivity index (χ1) is 10.8. The lowest BCUT2D eigenvalue weighted by Crippen LogP contribution is -2.17. The molecule has 0 bridgehead atoms. The third-order valence-electron chi connectivity index (χ3n) is 2.51. The Balaban J connectivity index is 2.61. The van der Waals surface area contributed by atoms with Gasteiger partial charge < -0.3 is 0 Å². The average molecular weight is 272 g/mol. The summed E-state index contributed by atoms with van der Waals surface area (Å²) < 4.78 is 76.3. The second-order valence-electron chi connectivity index (χ2n) is 3.80. The van der Waals surface area contributed by atoms with Crippen molar-refractivity contribution in [3.8, 4) is 5.69 Å². The summed E-state index contributed by atoms with van der Waals surface area (Å²) in [5, 5.41) is 0. The van der Waals surface area contributed by atoms with Crippen LogP contribution in [0.15, 0.2) is 47.4 Å². The molecule has 2 aromatic rings. The van der Waals surface area contributed by atoms with Gasteiger partial charge in [-0.1, -0.05) is 19.0 Å². The van der Waals surface area contributed by atoms with Crippen LogP contribution >= 0.6 is 0 Å². The lowest BCUT2D eigenvalue weighted by atomic mass is 10.1. The number of pyridine rings is 1. The van der Waals surface area contributed by atoms with E-state index in [0.29, 0.717) is 0 Å². The summed E-state index contributed by atoms with van der Waals surface area (Å²) in [5.41, 5.74) is -2.16. The van der Waals surface area contributed by atoms with Crippen molar-refractivity contribution in [3.05, 3.63) is 64.1 Å². The molecule has 1 aromatic heterocycles. The fourth-order valence-electron chi connectivity index (χ4n) is 1.59. The van der Waals surface area contributed by atoms with Gasteiger partial charge in [-0.2, -0.15) is 13.2 Å². The summed E-state index contributed by atoms with van der Waals surface area (Å²) in [5.74, 6) is 0. The average Bonchev–Trinajstić information content (AvgIpc) is 2.45. The summed E-state index contributed by atoms with van der Waals surface area (Å²) in [6.45, 7) is -3.00. The van der Waals surface area contributed by atoms with E-state index in [2.05, 4.69) is 0 Å². The SMILES string of the molecule is [2H]C([2H])([2H])C([2H])([2H])c1ccc(=O)n(-c2cccc(C(F)(F)F)c2)c1. The Labute approximate surface area is 115 Å². The zero-order valence-corrected chi connectivity index (χ0v) is 9.53. The predicted octanol–water partition coefficient (Wildman–Crippen LogP) is 3.42. The fraction of sp³-hybridized carbons (Fsp3) is 0.214. The smallest absolute Gasteiger partial charge is 0.284 e. The van der Waals surface area contributed by atoms with E-state index in [1.54, 1.807) is 0 Å². The quantitative estimate of drug-likeness (QED) is 0.821. The molecule has 1 heterocycles. The molecule has 0 aliphatic rings. The molecule has 2 rings (SSSR count). The summed E-state index contributed by atoms with van der Waals surface area (Å²) in [7, 11) is 0. The van der Waals surface area contributed by atoms with Crippen LogP contribution in [-0.4, -0.2) is 4.57 Å². The summed E-state index contributed by atoms with van der Waals surface area (Å²) in [6, 6.07) is 5.84. The number of benzene rings is 1. The normalized spacial score (nSPS) is 16.9. The zero-order valence-electron chi connectivity index (χ0n) is 14.5. The number of hydrogen-bond acceptors (Lipinski definition) is 1. The van der Waals surface area contributed by atoms with Crippen LogP contribution in [0.2, 0.25) is 0 Å². The molecule has 0 radical (unpaired) electrons. The highest BCUT2D eigenvalue weighted by atomic mass is 19.4. The van der Waals surface area contributed by atoms with Crippen LogP contribution in [0.5, 0.6) is 0 Å². The van der Waals surface area contributed by atoms with Gasteiger partial charge in [0, 0.05) is 24.8 Å². The van der Waals surface area contributed by atoms with Gasteiger partial charge in [-0.15, -0.1) is 0 Å². The van der Waals surface area contributed by atoms with E-state index in [0.717, 1.165) is 41.1 Å². The molecule has 19 heavy (non-hydrogen) atoms. The lowest BCUT2D eigenvalue weighted by molar-refractivity contribution is -0.137. The Hall–Kier alpha value is -2.04. The standard InChI is InChI=1S/C14H12F3NO/c1-2-10-6-7-13(19)18(9-10)12-5-3-4-11(8-12)14(15,16)17/h3-9H,2H2,1H3/i1D3,2D2. The van der Waals surface area contributed by atoms with Gasteiger partial charge in [0.1, 0.15) is 0 Å². The van der Waals surface area contributed by atoms with Gasteiger partial charge in [0.05, 0.1) is 5.56 Å². The molecule has 0 fully saturated rings. The maximum atomic E-state index is 12.8. The van der Waals surface area contributed by atoms with Crippen LogP contribution in [0.4, 0.5) is 13.2 Å². The van der Waals surface area contributed by atoms with Gasteiger partial charge >= 0.3 is 6.18 Å². The molecular weight excluding hydrogens is 255 g/mol. The number of halogens is 3. The highest BCUT2D eigenvalue weighted by molar-refractivity contribution is 5.38. The molecule has 0 amide bonds. The largest absolute Gasteiger partial charge is 0.416 e. The third kappa shape index (κ3) is 2.86. The number of hydrogen-bond donors (Lipinski definition) is 0. The molecule has 1 aromatic carbocycles. The van der Waals surface area contributed by atoms with Gasteiger partial charge in [-0.05, 0) is 30.1 Å². The molecular formula is C14H12F3NO. The van der Waals surface area contributed by atoms with Crippen molar-refractivity contribution in [3.63, 3.8) is 0 Å². The molecule has 0 aliphatic heterocycles. The Bertz CT molecular complexity index is 811. The Morgan fingerprint density at radius 3 is 2.79 bits per heavy atom. The van der Waals surface area contributed by atoms with Crippen LogP contribution in [0.25, 0.3) is 5.69 Å². The third-order valence-corrected chi connectivity index (χ3v) is 2.51. The lowest BCUT2D eigenvalue weighted by Gasteiger charge is -2.11. The highest BCUT2D eigenvalue weighted by Gasteiger charge is 2.30. The van der Waals surface area contributed by atoms with E-state index in [1.807, 2.05) is 0 Å². The van der Waals surface area contributed by atoms with Gasteiger partial charge in [0.15, 0.2) is 0 Å². The first-order valence-electron chi connectivity index (χ1n) is 7.75.